The summed E-state index contributed by atoms with van der Waals surface area (Å²) in [5, 5.41) is 12.1. The Hall–Kier alpha value is -1.85. The lowest BCUT2D eigenvalue weighted by Crippen LogP contribution is -2.40. The molecule has 1 aliphatic heterocycles. The summed E-state index contributed by atoms with van der Waals surface area (Å²) in [6.07, 6.45) is 1.52. The fourth-order valence-electron chi connectivity index (χ4n) is 2.57. The van der Waals surface area contributed by atoms with Crippen molar-refractivity contribution in [3.63, 3.8) is 0 Å². The van der Waals surface area contributed by atoms with Crippen LogP contribution in [0.15, 0.2) is 23.4 Å². The molecule has 0 fully saturated rings. The highest BCUT2D eigenvalue weighted by Gasteiger charge is 2.41. The van der Waals surface area contributed by atoms with Gasteiger partial charge in [-0.15, -0.1) is 5.10 Å². The average Bonchev–Trinajstić information content (AvgIpc) is 3.02. The van der Waals surface area contributed by atoms with Crippen LogP contribution in [0.2, 0.25) is 10.0 Å². The van der Waals surface area contributed by atoms with Gasteiger partial charge in [-0.3, -0.25) is 0 Å². The molecule has 0 saturated carbocycles. The smallest absolute Gasteiger partial charge is 0.284 e. The van der Waals surface area contributed by atoms with Crippen LogP contribution in [-0.2, 0) is 25.2 Å². The molecule has 2 aromatic rings. The number of ether oxygens (including phenoxy) is 2. The number of halogens is 2. The topological polar surface area (TPSA) is 121 Å². The Labute approximate surface area is 159 Å². The van der Waals surface area contributed by atoms with E-state index in [1.54, 1.807) is 12.1 Å². The van der Waals surface area contributed by atoms with Gasteiger partial charge in [0.2, 0.25) is 11.8 Å². The Morgan fingerprint density at radius 2 is 2.00 bits per heavy atom. The molecule has 0 amide bonds. The molecule has 1 aliphatic rings. The zero-order valence-electron chi connectivity index (χ0n) is 13.9. The molecular weight excluding hydrogens is 405 g/mol. The van der Waals surface area contributed by atoms with Crippen molar-refractivity contribution in [1.82, 2.24) is 14.8 Å². The van der Waals surface area contributed by atoms with Gasteiger partial charge in [0.15, 0.2) is 5.72 Å². The fraction of sp³-hybridized carbons (Fsp3) is 0.286. The number of primary sulfonamides is 1. The second kappa shape index (κ2) is 6.39. The second-order valence-electron chi connectivity index (χ2n) is 5.48. The largest absolute Gasteiger partial charge is 0.481 e. The number of fused-ring (bicyclic) bond motifs is 1. The average molecular weight is 420 g/mol. The fourth-order valence-corrected chi connectivity index (χ4v) is 3.64. The van der Waals surface area contributed by atoms with E-state index >= 15 is 0 Å². The maximum absolute atomic E-state index is 11.6. The third kappa shape index (κ3) is 2.93. The molecule has 26 heavy (non-hydrogen) atoms. The summed E-state index contributed by atoms with van der Waals surface area (Å²) in [5.41, 5.74) is -0.178. The Morgan fingerprint density at radius 1 is 1.31 bits per heavy atom. The third-order valence-corrected chi connectivity index (χ3v) is 5.35. The van der Waals surface area contributed by atoms with Gasteiger partial charge < -0.3 is 14.8 Å². The first kappa shape index (κ1) is 18.9. The first-order valence-corrected chi connectivity index (χ1v) is 9.48. The Balaban J connectivity index is 2.26. The van der Waals surface area contributed by atoms with Gasteiger partial charge in [-0.2, -0.15) is 9.67 Å². The van der Waals surface area contributed by atoms with Crippen LogP contribution in [0.3, 0.4) is 0 Å². The predicted octanol–water partition coefficient (Wildman–Crippen LogP) is 1.91. The first-order chi connectivity index (χ1) is 12.1. The van der Waals surface area contributed by atoms with Crippen molar-refractivity contribution in [2.45, 2.75) is 17.8 Å². The number of nitrogens with zero attached hydrogens (tertiary/aromatic N) is 3. The number of hydrogen-bond donors (Lipinski definition) is 2. The Bertz CT molecular complexity index is 1020. The van der Waals surface area contributed by atoms with Crippen molar-refractivity contribution in [2.24, 2.45) is 5.14 Å². The van der Waals surface area contributed by atoms with E-state index in [2.05, 4.69) is 15.4 Å². The zero-order chi connectivity index (χ0) is 19.3. The van der Waals surface area contributed by atoms with Crippen molar-refractivity contribution >= 4 is 45.1 Å². The maximum Gasteiger partial charge on any atom is 0.284 e. The summed E-state index contributed by atoms with van der Waals surface area (Å²) >= 11 is 12.8. The molecule has 0 saturated heterocycles. The molecule has 140 valence electrons. The summed E-state index contributed by atoms with van der Waals surface area (Å²) in [5.74, 6) is 0.181. The number of nitrogens with two attached hydrogens (primary N) is 1. The Kier molecular flexibility index (Phi) is 4.65. The predicted molar refractivity (Wildman–Crippen MR) is 96.2 cm³/mol. The third-order valence-electron chi connectivity index (χ3n) is 3.86. The quantitative estimate of drug-likeness (QED) is 0.775. The van der Waals surface area contributed by atoms with Crippen molar-refractivity contribution in [3.05, 3.63) is 39.4 Å². The molecule has 9 nitrogen and oxygen atoms in total. The number of hydrogen-bond acceptors (Lipinski definition) is 7. The minimum atomic E-state index is -4.12. The molecule has 0 radical (unpaired) electrons. The number of sulfonamides is 1. The van der Waals surface area contributed by atoms with Gasteiger partial charge in [0.1, 0.15) is 0 Å². The van der Waals surface area contributed by atoms with Crippen LogP contribution < -0.4 is 10.5 Å². The van der Waals surface area contributed by atoms with E-state index in [1.165, 1.54) is 20.3 Å². The molecule has 0 spiro atoms. The van der Waals surface area contributed by atoms with Crippen LogP contribution >= 0.6 is 23.2 Å². The molecule has 0 aliphatic carbocycles. The van der Waals surface area contributed by atoms with E-state index in [-0.39, 0.29) is 11.8 Å². The second-order valence-corrected chi connectivity index (χ2v) is 7.72. The molecule has 1 unspecified atom stereocenters. The minimum absolute atomic E-state index is 0.0314. The maximum atomic E-state index is 11.6. The summed E-state index contributed by atoms with van der Waals surface area (Å²) < 4.78 is 35.3. The molecule has 0 bridgehead atoms. The van der Waals surface area contributed by atoms with Gasteiger partial charge >= 0.3 is 0 Å². The molecule has 1 atom stereocenters. The van der Waals surface area contributed by atoms with Crippen molar-refractivity contribution in [3.8, 4) is 0 Å². The van der Waals surface area contributed by atoms with Gasteiger partial charge in [0.25, 0.3) is 15.2 Å². The lowest BCUT2D eigenvalue weighted by Gasteiger charge is -2.36. The number of methoxy groups -OCH3 is 2. The van der Waals surface area contributed by atoms with Crippen LogP contribution in [-0.4, -0.2) is 37.4 Å². The van der Waals surface area contributed by atoms with E-state index in [4.69, 9.17) is 37.8 Å². The molecule has 2 heterocycles. The Morgan fingerprint density at radius 3 is 2.58 bits per heavy atom. The number of rotatable bonds is 4. The number of anilines is 1. The summed E-state index contributed by atoms with van der Waals surface area (Å²) in [7, 11) is -1.30. The molecule has 1 aromatic heterocycles. The van der Waals surface area contributed by atoms with Crippen LogP contribution in [0.5, 0.6) is 0 Å². The van der Waals surface area contributed by atoms with Crippen molar-refractivity contribution < 1.29 is 17.9 Å². The van der Waals surface area contributed by atoms with E-state index in [9.17, 15) is 8.42 Å². The lowest BCUT2D eigenvalue weighted by atomic mass is 9.99. The van der Waals surface area contributed by atoms with E-state index in [0.29, 0.717) is 15.6 Å². The van der Waals surface area contributed by atoms with Gasteiger partial charge in [0, 0.05) is 18.7 Å². The standard InChI is InChI=1S/C14H15Cl2N5O4S/c1-7-4-5-8(15)10(11(7)16)14(25-3)6-9(24-2)21-12(19-14)18-13(20-21)26(17,22)23/h4-6H,1-3H3,(H2,17,22,23)(H,18,19,20). The van der Waals surface area contributed by atoms with Crippen LogP contribution in [0.4, 0.5) is 5.95 Å². The molecule has 3 rings (SSSR count). The number of aromatic nitrogens is 3. The van der Waals surface area contributed by atoms with Crippen molar-refractivity contribution in [2.75, 3.05) is 19.5 Å². The highest BCUT2D eigenvalue weighted by molar-refractivity contribution is 7.89. The molecular formula is C14H15Cl2N5O4S. The van der Waals surface area contributed by atoms with Gasteiger partial charge in [-0.25, -0.2) is 13.6 Å². The van der Waals surface area contributed by atoms with Crippen LogP contribution in [0.1, 0.15) is 11.1 Å². The lowest BCUT2D eigenvalue weighted by molar-refractivity contribution is 0.0494. The van der Waals surface area contributed by atoms with Crippen LogP contribution in [0, 0.1) is 6.92 Å². The molecule has 1 aromatic carbocycles. The summed E-state index contributed by atoms with van der Waals surface area (Å²) in [4.78, 5) is 3.91. The van der Waals surface area contributed by atoms with Gasteiger partial charge in [-0.05, 0) is 18.6 Å². The number of aryl methyl sites for hydroxylation is 1. The first-order valence-electron chi connectivity index (χ1n) is 7.18. The van der Waals surface area contributed by atoms with Gasteiger partial charge in [0.05, 0.1) is 17.2 Å². The monoisotopic (exact) mass is 419 g/mol. The minimum Gasteiger partial charge on any atom is -0.481 e. The zero-order valence-corrected chi connectivity index (χ0v) is 16.3. The normalized spacial score (nSPS) is 19.5. The number of nitrogens with one attached hydrogen (secondary N) is 1. The summed E-state index contributed by atoms with van der Waals surface area (Å²) in [6.45, 7) is 1.82. The molecule has 12 heteroatoms. The number of benzene rings is 1. The highest BCUT2D eigenvalue weighted by atomic mass is 35.5. The SMILES string of the molecule is COC1=CC(OC)(c2c(Cl)ccc(C)c2Cl)Nc2nc(S(N)(=O)=O)nn21. The summed E-state index contributed by atoms with van der Waals surface area (Å²) in [6, 6.07) is 3.44. The van der Waals surface area contributed by atoms with Gasteiger partial charge in [-0.1, -0.05) is 29.3 Å². The van der Waals surface area contributed by atoms with Crippen molar-refractivity contribution in [1.29, 1.82) is 0 Å². The highest BCUT2D eigenvalue weighted by Crippen LogP contribution is 2.42. The van der Waals surface area contributed by atoms with E-state index in [1.807, 2.05) is 6.92 Å². The van der Waals surface area contributed by atoms with Crippen LogP contribution in [0.25, 0.3) is 5.88 Å². The van der Waals surface area contributed by atoms with E-state index < -0.39 is 20.9 Å². The van der Waals surface area contributed by atoms with E-state index in [0.717, 1.165) is 10.2 Å². The molecule has 3 N–H and O–H groups in total.